The molecule has 0 fully saturated rings. The number of benzene rings is 1. The van der Waals surface area contributed by atoms with Gasteiger partial charge in [0.05, 0.1) is 17.0 Å². The molecular weight excluding hydrogens is 316 g/mol. The molecule has 0 aliphatic rings. The van der Waals surface area contributed by atoms with Crippen molar-refractivity contribution >= 4 is 22.6 Å². The molecule has 0 bridgehead atoms. The maximum atomic E-state index is 12.7. The van der Waals surface area contributed by atoms with Crippen LogP contribution in [0.15, 0.2) is 47.4 Å². The molecule has 1 amide bonds. The van der Waals surface area contributed by atoms with Gasteiger partial charge in [-0.15, -0.1) is 0 Å². The Kier molecular flexibility index (Phi) is 4.31. The van der Waals surface area contributed by atoms with Crippen LogP contribution in [0, 0.1) is 18.3 Å². The van der Waals surface area contributed by atoms with E-state index in [1.54, 1.807) is 41.0 Å². The van der Waals surface area contributed by atoms with E-state index >= 15 is 0 Å². The van der Waals surface area contributed by atoms with Gasteiger partial charge >= 0.3 is 0 Å². The van der Waals surface area contributed by atoms with Crippen LogP contribution in [-0.2, 0) is 6.54 Å². The van der Waals surface area contributed by atoms with Crippen LogP contribution in [0.1, 0.15) is 28.5 Å². The summed E-state index contributed by atoms with van der Waals surface area (Å²) in [5.41, 5.74) is 1.95. The molecule has 0 atom stereocenters. The smallest absolute Gasteiger partial charge is 0.261 e. The second kappa shape index (κ2) is 6.57. The van der Waals surface area contributed by atoms with Gasteiger partial charge in [-0.05, 0) is 44.2 Å². The molecule has 0 saturated heterocycles. The second-order valence-electron chi connectivity index (χ2n) is 5.63. The topological polar surface area (TPSA) is 87.8 Å². The van der Waals surface area contributed by atoms with Gasteiger partial charge in [0.25, 0.3) is 5.91 Å². The third-order valence-electron chi connectivity index (χ3n) is 3.90. The van der Waals surface area contributed by atoms with Crippen molar-refractivity contribution in [3.63, 3.8) is 0 Å². The molecule has 25 heavy (non-hydrogen) atoms. The first-order valence-electron chi connectivity index (χ1n) is 7.85. The molecule has 1 aromatic carbocycles. The number of nitrogens with zero attached hydrogens (tertiary/aromatic N) is 3. The van der Waals surface area contributed by atoms with E-state index in [4.69, 9.17) is 5.26 Å². The Morgan fingerprint density at radius 2 is 2.12 bits per heavy atom. The lowest BCUT2D eigenvalue weighted by Crippen LogP contribution is -2.24. The van der Waals surface area contributed by atoms with Crippen molar-refractivity contribution < 1.29 is 4.79 Å². The molecule has 0 unspecified atom stereocenters. The van der Waals surface area contributed by atoms with Crippen LogP contribution in [0.4, 0.5) is 5.69 Å². The average Bonchev–Trinajstić information content (AvgIpc) is 2.62. The van der Waals surface area contributed by atoms with Crippen LogP contribution < -0.4 is 10.7 Å². The van der Waals surface area contributed by atoms with Gasteiger partial charge in [-0.25, -0.2) is 4.98 Å². The summed E-state index contributed by atoms with van der Waals surface area (Å²) in [5, 5.41) is 12.0. The minimum atomic E-state index is -0.509. The van der Waals surface area contributed by atoms with Crippen molar-refractivity contribution in [2.75, 3.05) is 5.32 Å². The Morgan fingerprint density at radius 3 is 2.84 bits per heavy atom. The monoisotopic (exact) mass is 332 g/mol. The second-order valence-corrected chi connectivity index (χ2v) is 5.63. The van der Waals surface area contributed by atoms with Crippen molar-refractivity contribution in [3.05, 3.63) is 69.6 Å². The van der Waals surface area contributed by atoms with E-state index in [0.717, 1.165) is 5.69 Å². The van der Waals surface area contributed by atoms with Crippen LogP contribution >= 0.6 is 0 Å². The minimum Gasteiger partial charge on any atom is -0.332 e. The molecule has 6 heteroatoms. The molecule has 2 aromatic heterocycles. The fraction of sp³-hybridized carbons (Fsp3) is 0.158. The van der Waals surface area contributed by atoms with Crippen LogP contribution in [0.5, 0.6) is 0 Å². The van der Waals surface area contributed by atoms with E-state index in [1.807, 2.05) is 19.9 Å². The van der Waals surface area contributed by atoms with E-state index in [-0.39, 0.29) is 11.0 Å². The minimum absolute atomic E-state index is 0.0439. The van der Waals surface area contributed by atoms with Crippen molar-refractivity contribution in [2.45, 2.75) is 20.4 Å². The fourth-order valence-electron chi connectivity index (χ4n) is 2.63. The Bertz CT molecular complexity index is 1080. The maximum Gasteiger partial charge on any atom is 0.261 e. The first-order valence-corrected chi connectivity index (χ1v) is 7.85. The number of amides is 1. The zero-order chi connectivity index (χ0) is 18.0. The predicted octanol–water partition coefficient (Wildman–Crippen LogP) is 2.85. The van der Waals surface area contributed by atoms with Gasteiger partial charge in [-0.3, -0.25) is 9.59 Å². The van der Waals surface area contributed by atoms with Crippen LogP contribution in [0.2, 0.25) is 0 Å². The molecule has 0 saturated carbocycles. The van der Waals surface area contributed by atoms with Gasteiger partial charge in [0.1, 0.15) is 11.2 Å². The summed E-state index contributed by atoms with van der Waals surface area (Å²) in [6.07, 6.45) is 1.53. The molecule has 0 aliphatic carbocycles. The number of rotatable bonds is 3. The molecular formula is C19H16N4O2. The fourth-order valence-corrected chi connectivity index (χ4v) is 2.63. The normalized spacial score (nSPS) is 10.4. The van der Waals surface area contributed by atoms with Gasteiger partial charge in [0, 0.05) is 24.1 Å². The number of carbonyl (C=O) groups is 1. The zero-order valence-electron chi connectivity index (χ0n) is 13.9. The lowest BCUT2D eigenvalue weighted by atomic mass is 10.1. The van der Waals surface area contributed by atoms with Crippen molar-refractivity contribution in [1.82, 2.24) is 9.55 Å². The van der Waals surface area contributed by atoms with E-state index in [1.165, 1.54) is 6.20 Å². The largest absolute Gasteiger partial charge is 0.332 e. The lowest BCUT2D eigenvalue weighted by Gasteiger charge is -2.11. The third-order valence-corrected chi connectivity index (χ3v) is 3.90. The number of carbonyl (C=O) groups excluding carboxylic acids is 1. The van der Waals surface area contributed by atoms with Crippen LogP contribution in [-0.4, -0.2) is 15.5 Å². The summed E-state index contributed by atoms with van der Waals surface area (Å²) in [6.45, 7) is 4.36. The number of hydrogen-bond donors (Lipinski definition) is 1. The number of nitrogens with one attached hydrogen (secondary N) is 1. The number of aromatic nitrogens is 2. The van der Waals surface area contributed by atoms with E-state index in [2.05, 4.69) is 10.3 Å². The number of aryl methyl sites for hydroxylation is 2. The first-order chi connectivity index (χ1) is 12.0. The highest BCUT2D eigenvalue weighted by molar-refractivity contribution is 6.05. The number of nitriles is 1. The summed E-state index contributed by atoms with van der Waals surface area (Å²) in [6, 6.07) is 12.0. The molecule has 1 N–H and O–H groups in total. The molecule has 0 aliphatic heterocycles. The number of pyridine rings is 2. The summed E-state index contributed by atoms with van der Waals surface area (Å²) in [5.74, 6) is -0.509. The summed E-state index contributed by atoms with van der Waals surface area (Å²) < 4.78 is 1.78. The number of fused-ring (bicyclic) bond motifs is 1. The molecule has 3 rings (SSSR count). The van der Waals surface area contributed by atoms with Crippen LogP contribution in [0.3, 0.4) is 0 Å². The SMILES string of the molecule is CCn1cc(C(=O)Nc2cccc(C#N)c2)c(=O)c2ccc(C)nc21. The predicted molar refractivity (Wildman–Crippen MR) is 95.5 cm³/mol. The van der Waals surface area contributed by atoms with Crippen molar-refractivity contribution in [2.24, 2.45) is 0 Å². The third kappa shape index (κ3) is 3.12. The Balaban J connectivity index is 2.07. The average molecular weight is 332 g/mol. The molecule has 3 aromatic rings. The van der Waals surface area contributed by atoms with Crippen LogP contribution in [0.25, 0.3) is 11.0 Å². The lowest BCUT2D eigenvalue weighted by molar-refractivity contribution is 0.102. The highest BCUT2D eigenvalue weighted by Gasteiger charge is 2.16. The Morgan fingerprint density at radius 1 is 1.32 bits per heavy atom. The van der Waals surface area contributed by atoms with Gasteiger partial charge in [0.15, 0.2) is 0 Å². The number of anilines is 1. The Hall–Kier alpha value is -3.46. The zero-order valence-corrected chi connectivity index (χ0v) is 13.9. The molecule has 2 heterocycles. The van der Waals surface area contributed by atoms with Crippen molar-refractivity contribution in [3.8, 4) is 6.07 Å². The molecule has 0 spiro atoms. The van der Waals surface area contributed by atoms with E-state index in [0.29, 0.717) is 28.8 Å². The molecule has 124 valence electrons. The summed E-state index contributed by atoms with van der Waals surface area (Å²) >= 11 is 0. The molecule has 0 radical (unpaired) electrons. The van der Waals surface area contributed by atoms with E-state index < -0.39 is 5.91 Å². The van der Waals surface area contributed by atoms with Gasteiger partial charge in [-0.1, -0.05) is 6.07 Å². The van der Waals surface area contributed by atoms with Gasteiger partial charge in [0.2, 0.25) is 5.43 Å². The standard InChI is InChI=1S/C19H16N4O2/c1-3-23-11-16(17(24)15-8-7-12(2)21-18(15)23)19(25)22-14-6-4-5-13(9-14)10-20/h4-9,11H,3H2,1-2H3,(H,22,25). The highest BCUT2D eigenvalue weighted by Crippen LogP contribution is 2.14. The number of hydrogen-bond acceptors (Lipinski definition) is 4. The highest BCUT2D eigenvalue weighted by atomic mass is 16.2. The maximum absolute atomic E-state index is 12.7. The molecule has 6 nitrogen and oxygen atoms in total. The quantitative estimate of drug-likeness (QED) is 0.799. The van der Waals surface area contributed by atoms with E-state index in [9.17, 15) is 9.59 Å². The van der Waals surface area contributed by atoms with Gasteiger partial charge < -0.3 is 9.88 Å². The Labute approximate surface area is 144 Å². The summed E-state index contributed by atoms with van der Waals surface area (Å²) in [7, 11) is 0. The first kappa shape index (κ1) is 16.4. The summed E-state index contributed by atoms with van der Waals surface area (Å²) in [4.78, 5) is 29.7. The van der Waals surface area contributed by atoms with Crippen molar-refractivity contribution in [1.29, 1.82) is 5.26 Å². The van der Waals surface area contributed by atoms with Gasteiger partial charge in [-0.2, -0.15) is 5.26 Å².